The molecule has 0 saturated heterocycles. The summed E-state index contributed by atoms with van der Waals surface area (Å²) in [5, 5.41) is 9.72. The monoisotopic (exact) mass is 356 g/mol. The lowest BCUT2D eigenvalue weighted by molar-refractivity contribution is 0.0951. The van der Waals surface area contributed by atoms with Crippen LogP contribution in [-0.4, -0.2) is 21.1 Å². The van der Waals surface area contributed by atoms with Crippen molar-refractivity contribution in [2.45, 2.75) is 6.54 Å². The van der Waals surface area contributed by atoms with Crippen LogP contribution in [-0.2, 0) is 6.54 Å². The second kappa shape index (κ2) is 6.53. The van der Waals surface area contributed by atoms with E-state index in [9.17, 15) is 4.79 Å². The Balaban J connectivity index is 1.78. The lowest BCUT2D eigenvalue weighted by Crippen LogP contribution is -2.23. The molecule has 22 heavy (non-hydrogen) atoms. The number of hydrogen-bond acceptors (Lipinski definition) is 3. The number of amides is 1. The van der Waals surface area contributed by atoms with E-state index in [-0.39, 0.29) is 5.91 Å². The van der Waals surface area contributed by atoms with Crippen LogP contribution in [0.3, 0.4) is 0 Å². The number of aromatic nitrogens is 3. The first-order chi connectivity index (χ1) is 10.7. The topological polar surface area (TPSA) is 70.7 Å². The molecule has 1 amide bonds. The van der Waals surface area contributed by atoms with E-state index in [0.717, 1.165) is 15.7 Å². The van der Waals surface area contributed by atoms with E-state index in [1.165, 1.54) is 6.20 Å². The van der Waals surface area contributed by atoms with Crippen LogP contribution in [0.2, 0.25) is 0 Å². The van der Waals surface area contributed by atoms with Gasteiger partial charge in [-0.1, -0.05) is 34.1 Å². The Bertz CT molecular complexity index is 786. The first-order valence-corrected chi connectivity index (χ1v) is 7.51. The summed E-state index contributed by atoms with van der Waals surface area (Å²) in [7, 11) is 0. The summed E-state index contributed by atoms with van der Waals surface area (Å²) in [5.41, 5.74) is 2.91. The third-order valence-electron chi connectivity index (χ3n) is 3.15. The molecule has 0 fully saturated rings. The maximum Gasteiger partial charge on any atom is 0.255 e. The SMILES string of the molecule is O=C(NCc1ccccn1)c1cn[nH]c1-c1cccc(Br)c1. The van der Waals surface area contributed by atoms with Crippen LogP contribution >= 0.6 is 15.9 Å². The van der Waals surface area contributed by atoms with E-state index >= 15 is 0 Å². The van der Waals surface area contributed by atoms with Crippen LogP contribution in [0.5, 0.6) is 0 Å². The normalized spacial score (nSPS) is 10.4. The fourth-order valence-electron chi connectivity index (χ4n) is 2.09. The van der Waals surface area contributed by atoms with E-state index < -0.39 is 0 Å². The zero-order valence-electron chi connectivity index (χ0n) is 11.6. The summed E-state index contributed by atoms with van der Waals surface area (Å²) in [4.78, 5) is 16.5. The zero-order chi connectivity index (χ0) is 15.4. The van der Waals surface area contributed by atoms with Crippen LogP contribution < -0.4 is 5.32 Å². The molecule has 0 spiro atoms. The number of aromatic amines is 1. The average Bonchev–Trinajstić information content (AvgIpc) is 3.03. The van der Waals surface area contributed by atoms with Crippen LogP contribution in [0.4, 0.5) is 0 Å². The highest BCUT2D eigenvalue weighted by Crippen LogP contribution is 2.24. The van der Waals surface area contributed by atoms with Gasteiger partial charge in [0.25, 0.3) is 5.91 Å². The van der Waals surface area contributed by atoms with Gasteiger partial charge < -0.3 is 5.32 Å². The van der Waals surface area contributed by atoms with E-state index in [1.54, 1.807) is 6.20 Å². The number of hydrogen-bond donors (Lipinski definition) is 2. The third-order valence-corrected chi connectivity index (χ3v) is 3.65. The molecule has 3 aromatic rings. The molecule has 0 atom stereocenters. The van der Waals surface area contributed by atoms with Gasteiger partial charge in [0.05, 0.1) is 29.7 Å². The van der Waals surface area contributed by atoms with Crippen molar-refractivity contribution in [1.29, 1.82) is 0 Å². The Kier molecular flexibility index (Phi) is 4.29. The standard InChI is InChI=1S/C16H13BrN4O/c17-12-5-3-4-11(8-12)15-14(10-20-21-15)16(22)19-9-13-6-1-2-7-18-13/h1-8,10H,9H2,(H,19,22)(H,20,21). The molecule has 0 saturated carbocycles. The van der Waals surface area contributed by atoms with Crippen LogP contribution in [0.25, 0.3) is 11.3 Å². The summed E-state index contributed by atoms with van der Waals surface area (Å²) in [6.07, 6.45) is 3.23. The van der Waals surface area contributed by atoms with Gasteiger partial charge in [0.15, 0.2) is 0 Å². The third kappa shape index (κ3) is 3.23. The van der Waals surface area contributed by atoms with Gasteiger partial charge in [-0.25, -0.2) is 0 Å². The Morgan fingerprint density at radius 2 is 2.14 bits per heavy atom. The molecule has 2 heterocycles. The number of carbonyl (C=O) groups is 1. The van der Waals surface area contributed by atoms with Crippen LogP contribution in [0.15, 0.2) is 59.3 Å². The van der Waals surface area contributed by atoms with Crippen molar-refractivity contribution >= 4 is 21.8 Å². The molecule has 3 rings (SSSR count). The molecule has 0 unspecified atom stereocenters. The van der Waals surface area contributed by atoms with Gasteiger partial charge in [0.1, 0.15) is 0 Å². The highest BCUT2D eigenvalue weighted by atomic mass is 79.9. The van der Waals surface area contributed by atoms with Gasteiger partial charge >= 0.3 is 0 Å². The molecule has 0 radical (unpaired) electrons. The maximum atomic E-state index is 12.3. The minimum Gasteiger partial charge on any atom is -0.346 e. The molecule has 1 aromatic carbocycles. The number of pyridine rings is 1. The summed E-state index contributed by atoms with van der Waals surface area (Å²) < 4.78 is 0.944. The Hall–Kier alpha value is -2.47. The highest BCUT2D eigenvalue weighted by Gasteiger charge is 2.15. The average molecular weight is 357 g/mol. The van der Waals surface area contributed by atoms with Crippen molar-refractivity contribution in [2.24, 2.45) is 0 Å². The predicted octanol–water partition coefficient (Wildman–Crippen LogP) is 3.16. The molecular weight excluding hydrogens is 344 g/mol. The van der Waals surface area contributed by atoms with Gasteiger partial charge in [-0.2, -0.15) is 5.10 Å². The lowest BCUT2D eigenvalue weighted by Gasteiger charge is -2.06. The van der Waals surface area contributed by atoms with E-state index in [0.29, 0.717) is 17.8 Å². The largest absolute Gasteiger partial charge is 0.346 e. The van der Waals surface area contributed by atoms with Crippen LogP contribution in [0, 0.1) is 0 Å². The van der Waals surface area contributed by atoms with Crippen molar-refractivity contribution in [2.75, 3.05) is 0 Å². The summed E-state index contributed by atoms with van der Waals surface area (Å²) in [6.45, 7) is 0.378. The molecule has 6 heteroatoms. The van der Waals surface area contributed by atoms with Crippen molar-refractivity contribution in [3.8, 4) is 11.3 Å². The molecule has 2 aromatic heterocycles. The summed E-state index contributed by atoms with van der Waals surface area (Å²) in [5.74, 6) is -0.186. The summed E-state index contributed by atoms with van der Waals surface area (Å²) >= 11 is 3.43. The number of nitrogens with zero attached hydrogens (tertiary/aromatic N) is 2. The van der Waals surface area contributed by atoms with E-state index in [2.05, 4.69) is 36.4 Å². The lowest BCUT2D eigenvalue weighted by atomic mass is 10.1. The molecule has 2 N–H and O–H groups in total. The van der Waals surface area contributed by atoms with E-state index in [4.69, 9.17) is 0 Å². The van der Waals surface area contributed by atoms with Gasteiger partial charge in [-0.3, -0.25) is 14.9 Å². The number of benzene rings is 1. The van der Waals surface area contributed by atoms with Crippen molar-refractivity contribution in [1.82, 2.24) is 20.5 Å². The van der Waals surface area contributed by atoms with E-state index in [1.807, 2.05) is 42.5 Å². The van der Waals surface area contributed by atoms with Crippen molar-refractivity contribution in [3.05, 3.63) is 70.6 Å². The second-order valence-electron chi connectivity index (χ2n) is 4.67. The minimum absolute atomic E-state index is 0.186. The van der Waals surface area contributed by atoms with Crippen molar-refractivity contribution in [3.63, 3.8) is 0 Å². The molecule has 5 nitrogen and oxygen atoms in total. The predicted molar refractivity (Wildman–Crippen MR) is 87.1 cm³/mol. The minimum atomic E-state index is -0.186. The first-order valence-electron chi connectivity index (χ1n) is 6.71. The zero-order valence-corrected chi connectivity index (χ0v) is 13.2. The number of nitrogens with one attached hydrogen (secondary N) is 2. The number of halogens is 1. The molecule has 0 aliphatic carbocycles. The first kappa shape index (κ1) is 14.5. The molecule has 0 aliphatic rings. The number of H-pyrrole nitrogens is 1. The smallest absolute Gasteiger partial charge is 0.255 e. The van der Waals surface area contributed by atoms with Gasteiger partial charge in [-0.05, 0) is 24.3 Å². The fraction of sp³-hybridized carbons (Fsp3) is 0.0625. The fourth-order valence-corrected chi connectivity index (χ4v) is 2.49. The quantitative estimate of drug-likeness (QED) is 0.754. The number of carbonyl (C=O) groups excluding carboxylic acids is 1. The Morgan fingerprint density at radius 3 is 2.91 bits per heavy atom. The summed E-state index contributed by atoms with van der Waals surface area (Å²) in [6, 6.07) is 13.3. The van der Waals surface area contributed by atoms with Crippen LogP contribution in [0.1, 0.15) is 16.1 Å². The Labute approximate surface area is 135 Å². The van der Waals surface area contributed by atoms with Gasteiger partial charge in [0, 0.05) is 16.2 Å². The van der Waals surface area contributed by atoms with Gasteiger partial charge in [0.2, 0.25) is 0 Å². The van der Waals surface area contributed by atoms with Crippen molar-refractivity contribution < 1.29 is 4.79 Å². The molecule has 0 bridgehead atoms. The Morgan fingerprint density at radius 1 is 1.23 bits per heavy atom. The highest BCUT2D eigenvalue weighted by molar-refractivity contribution is 9.10. The number of rotatable bonds is 4. The molecule has 0 aliphatic heterocycles. The maximum absolute atomic E-state index is 12.3. The molecular formula is C16H13BrN4O. The van der Waals surface area contributed by atoms with Gasteiger partial charge in [-0.15, -0.1) is 0 Å². The second-order valence-corrected chi connectivity index (χ2v) is 5.59. The molecule has 110 valence electrons.